The molecule has 0 unspecified atom stereocenters. The van der Waals surface area contributed by atoms with Crippen LogP contribution in [0.1, 0.15) is 163 Å². The van der Waals surface area contributed by atoms with Gasteiger partial charge in [-0.05, 0) is 182 Å². The Morgan fingerprint density at radius 2 is 0.602 bits per heavy atom. The van der Waals surface area contributed by atoms with E-state index in [2.05, 4.69) is 60.0 Å². The molecule has 28 heteroatoms. The Kier molecular flexibility index (Phi) is 27.7. The van der Waals surface area contributed by atoms with Gasteiger partial charge in [-0.25, -0.2) is 34.9 Å². The van der Waals surface area contributed by atoms with Crippen molar-refractivity contribution in [2.75, 3.05) is 34.4 Å². The lowest BCUT2D eigenvalue weighted by Crippen LogP contribution is -2.50. The van der Waals surface area contributed by atoms with Gasteiger partial charge in [-0.15, -0.1) is 0 Å². The van der Waals surface area contributed by atoms with Gasteiger partial charge in [0.25, 0.3) is 0 Å². The van der Waals surface area contributed by atoms with Crippen molar-refractivity contribution >= 4 is 92.8 Å². The third kappa shape index (κ3) is 20.5. The smallest absolute Gasteiger partial charge is 0.213 e. The van der Waals surface area contributed by atoms with Crippen LogP contribution < -0.4 is 34.4 Å². The highest BCUT2D eigenvalue weighted by atomic mass is 35.5. The van der Waals surface area contributed by atoms with E-state index in [0.717, 1.165) is 82.0 Å². The Morgan fingerprint density at radius 1 is 0.323 bits per heavy atom. The quantitative estimate of drug-likeness (QED) is 0.0435. The van der Waals surface area contributed by atoms with Crippen molar-refractivity contribution in [2.45, 2.75) is 73.1 Å². The molecule has 12 N–H and O–H groups in total. The van der Waals surface area contributed by atoms with Crippen molar-refractivity contribution < 1.29 is 28.8 Å². The molecule has 4 aliphatic rings. The molecule has 7 aromatic heterocycles. The molecule has 4 bridgehead atoms. The van der Waals surface area contributed by atoms with Gasteiger partial charge in [-0.3, -0.25) is 56.2 Å². The molecule has 0 atom stereocenters. The molecule has 0 radical (unpaired) electrons. The molecule has 0 spiro atoms. The number of benzene rings is 10. The van der Waals surface area contributed by atoms with Crippen LogP contribution in [0.25, 0.3) is 34.3 Å². The van der Waals surface area contributed by atoms with E-state index in [1.165, 1.54) is 43.8 Å². The van der Waals surface area contributed by atoms with Gasteiger partial charge in [0.2, 0.25) is 28.9 Å². The van der Waals surface area contributed by atoms with Crippen LogP contribution in [0.2, 0.25) is 10.0 Å². The molecule has 26 nitrogen and oxygen atoms in total. The number of rotatable bonds is 18. The van der Waals surface area contributed by atoms with E-state index in [1.807, 2.05) is 184 Å². The molecule has 0 saturated heterocycles. The summed E-state index contributed by atoms with van der Waals surface area (Å²) in [5, 5.41) is 9.77. The molecule has 4 aliphatic carbocycles. The van der Waals surface area contributed by atoms with Crippen molar-refractivity contribution in [3.05, 3.63) is 423 Å². The lowest BCUT2D eigenvalue weighted by molar-refractivity contribution is -0.0356. The number of nitriles is 1. The van der Waals surface area contributed by atoms with E-state index in [1.54, 1.807) is 157 Å². The fraction of sp³-hybridized carbons (Fsp3) is 0.143. The highest BCUT2D eigenvalue weighted by Gasteiger charge is 2.55. The predicted molar refractivity (Wildman–Crippen MR) is 518 cm³/mol. The normalized spacial score (nSPS) is 14.7. The number of carbonyl (C=O) groups excluding carboxylic acids is 6. The van der Waals surface area contributed by atoms with E-state index in [-0.39, 0.29) is 74.9 Å². The van der Waals surface area contributed by atoms with Crippen molar-refractivity contribution in [2.24, 2.45) is 23.2 Å². The van der Waals surface area contributed by atoms with E-state index in [9.17, 15) is 28.8 Å². The number of ketones is 6. The molecule has 7 heterocycles. The molecule has 4 fully saturated rings. The minimum Gasteiger partial charge on any atom is -0.382 e. The zero-order chi connectivity index (χ0) is 93.7. The first-order chi connectivity index (χ1) is 64.2. The molecule has 10 aromatic carbocycles. The van der Waals surface area contributed by atoms with Gasteiger partial charge in [0.1, 0.15) is 77.9 Å². The summed E-state index contributed by atoms with van der Waals surface area (Å²) in [7, 11) is 0. The highest BCUT2D eigenvalue weighted by Crippen LogP contribution is 2.61. The molecule has 0 amide bonds. The van der Waals surface area contributed by atoms with Gasteiger partial charge < -0.3 is 34.4 Å². The average Bonchev–Trinajstić information content (AvgIpc) is 1.56. The zero-order valence-electron chi connectivity index (χ0n) is 73.4. The molecule has 4 saturated carbocycles. The zero-order valence-corrected chi connectivity index (χ0v) is 74.9. The monoisotopic (exact) mass is 1800 g/mol. The summed E-state index contributed by atoms with van der Waals surface area (Å²) in [5.74, 6) is 3.62. The second-order valence-corrected chi connectivity index (χ2v) is 33.9. The first-order valence-corrected chi connectivity index (χ1v) is 43.6. The number of aromatic nitrogens is 13. The van der Waals surface area contributed by atoms with Crippen LogP contribution in [0.5, 0.6) is 0 Å². The summed E-state index contributed by atoms with van der Waals surface area (Å²) in [6.45, 7) is 10.1. The van der Waals surface area contributed by atoms with Crippen molar-refractivity contribution in [3.8, 4) is 40.3 Å². The Labute approximate surface area is 777 Å². The molecule has 17 aromatic rings. The summed E-state index contributed by atoms with van der Waals surface area (Å²) < 4.78 is 10.2. The second-order valence-electron chi connectivity index (χ2n) is 33.0. The van der Waals surface area contributed by atoms with E-state index in [0.29, 0.717) is 89.2 Å². The maximum atomic E-state index is 13.7. The van der Waals surface area contributed by atoms with Crippen LogP contribution in [0, 0.1) is 69.1 Å². The number of pyridine rings is 1. The van der Waals surface area contributed by atoms with Gasteiger partial charge in [-0.2, -0.15) is 5.26 Å². The lowest BCUT2D eigenvalue weighted by Gasteiger charge is -2.55. The van der Waals surface area contributed by atoms with Gasteiger partial charge in [0, 0.05) is 67.2 Å². The maximum Gasteiger partial charge on any atom is 0.213 e. The molecule has 133 heavy (non-hydrogen) atoms. The molecular formula is C105H94Cl2N20O6. The molecule has 0 aliphatic heterocycles. The second kappa shape index (κ2) is 40.4. The van der Waals surface area contributed by atoms with Crippen molar-refractivity contribution in [1.29, 1.82) is 5.26 Å². The number of nitrogens with zero attached hydrogens (tertiary/aromatic N) is 14. The third-order valence-electron chi connectivity index (χ3n) is 23.6. The predicted octanol–water partition coefficient (Wildman–Crippen LogP) is 19.4. The molecular weight excluding hydrogens is 1710 g/mol. The minimum absolute atomic E-state index is 0.129. The number of hydrogen-bond acceptors (Lipinski definition) is 20. The van der Waals surface area contributed by atoms with Crippen LogP contribution in [0.15, 0.2) is 317 Å². The van der Waals surface area contributed by atoms with Gasteiger partial charge in [0.15, 0.2) is 40.7 Å². The SMILES string of the molecule is Cc1ccc(-n2cnc(N)c2C(=O)C23CC4CC(CC(C4)C2)C3)cc1.Cc1ccc(C(=O)c2c(N)ncn2-c2ccc(C)cc2)cc1.Cc1ccc(C(=O)c2c(N)ncn2-c2ccc(C)cc2)cc1.N#Cc1ccc(-n2cnc(N)c2C(=O)c2ccccc2)cc1.Nc1ncn(-c2ccc(Cl)cc2Cl)c1C(=O)c1ccccc1.Nc1ncn(-c2ccccn2)c1C(=O)c1ccccc1. The first kappa shape index (κ1) is 91.3. The topological polar surface area (TPSA) is 402 Å². The summed E-state index contributed by atoms with van der Waals surface area (Å²) in [6, 6.07) is 85.0. The van der Waals surface area contributed by atoms with E-state index < -0.39 is 0 Å². The summed E-state index contributed by atoms with van der Waals surface area (Å²) in [5.41, 5.74) is 50.9. The fourth-order valence-electron chi connectivity index (χ4n) is 17.2. The maximum absolute atomic E-state index is 13.7. The van der Waals surface area contributed by atoms with E-state index in [4.69, 9.17) is 62.9 Å². The summed E-state index contributed by atoms with van der Waals surface area (Å²) >= 11 is 12.1. The van der Waals surface area contributed by atoms with Gasteiger partial charge in [0.05, 0.1) is 22.3 Å². The minimum atomic E-state index is -0.221. The Hall–Kier alpha value is -16.5. The number of Topliss-reactive ketones (excluding diaryl/α,β-unsaturated/α-hetero) is 1. The number of hydrogen-bond donors (Lipinski definition) is 6. The Bertz CT molecular complexity index is 6920. The van der Waals surface area contributed by atoms with Crippen LogP contribution in [0.3, 0.4) is 0 Å². The van der Waals surface area contributed by atoms with Gasteiger partial charge in [-0.1, -0.05) is 233 Å². The number of imidazole rings is 6. The van der Waals surface area contributed by atoms with Crippen molar-refractivity contribution in [3.63, 3.8) is 0 Å². The number of nitrogens with two attached hydrogens (primary N) is 6. The Morgan fingerprint density at radius 3 is 0.925 bits per heavy atom. The van der Waals surface area contributed by atoms with Gasteiger partial charge >= 0.3 is 0 Å². The number of carbonyl (C=O) groups is 6. The number of nitrogen functional groups attached to an aromatic ring is 6. The number of anilines is 6. The Balaban J connectivity index is 0.000000122. The largest absolute Gasteiger partial charge is 0.382 e. The van der Waals surface area contributed by atoms with E-state index >= 15 is 0 Å². The summed E-state index contributed by atoms with van der Waals surface area (Å²) in [6.07, 6.45) is 18.2. The molecule has 21 rings (SSSR count). The average molecular weight is 1800 g/mol. The summed E-state index contributed by atoms with van der Waals surface area (Å²) in [4.78, 5) is 106. The van der Waals surface area contributed by atoms with Crippen LogP contribution in [-0.4, -0.2) is 97.0 Å². The highest BCUT2D eigenvalue weighted by molar-refractivity contribution is 6.36. The van der Waals surface area contributed by atoms with Crippen LogP contribution in [0.4, 0.5) is 34.9 Å². The molecule has 664 valence electrons. The van der Waals surface area contributed by atoms with Crippen LogP contribution >= 0.6 is 23.2 Å². The van der Waals surface area contributed by atoms with Crippen molar-refractivity contribution in [1.82, 2.24) is 62.3 Å². The lowest BCUT2D eigenvalue weighted by atomic mass is 9.48. The standard InChI is InChI=1S/C21H25N3O.2C18H17N3O.C17H12N4O.C16H11Cl2N3O.C15H12N4O/c1-13-2-4-17(5-3-13)24-12-23-20(22)18(24)19(25)21-9-14-6-15(10-21)8-16(7-14)11-21;2*1-12-3-7-14(8-4-12)17(22)16-18(19)20-11-21(16)15-9-5-13(2)6-10-15;18-10-12-6-8-14(9-7-12)21-11-20-17(19)15(21)16(22)13-4-2-1-3-5-13;17-11-6-7-13(12(18)8-11)21-9-20-16(19)14(21)15(22)10-4-2-1-3-5-10;16-15-13(14(20)11-6-2-1-3-7-11)19(10-18-15)12-8-4-5-9-17-12/h2-5,12,14-16H,6-11,22H2,1H3;2*3-11H,19H2,1-2H3;1-9,11H,19H2;1-9H,19H2;1-10H,16H2. The first-order valence-electron chi connectivity index (χ1n) is 42.8. The van der Waals surface area contributed by atoms with Crippen LogP contribution in [-0.2, 0) is 0 Å². The number of aryl methyl sites for hydroxylation is 5. The fourth-order valence-corrected chi connectivity index (χ4v) is 17.7. The third-order valence-corrected chi connectivity index (χ3v) is 24.1. The number of halogens is 2.